The molecule has 1 aromatic carbocycles. The van der Waals surface area contributed by atoms with Crippen LogP contribution in [0.1, 0.15) is 36.5 Å². The van der Waals surface area contributed by atoms with E-state index in [4.69, 9.17) is 0 Å². The summed E-state index contributed by atoms with van der Waals surface area (Å²) >= 11 is 0. The average molecular weight is 304 g/mol. The van der Waals surface area contributed by atoms with Crippen LogP contribution in [0.2, 0.25) is 0 Å². The number of hydrogen-bond donors (Lipinski definition) is 1. The van der Waals surface area contributed by atoms with Gasteiger partial charge in [0.2, 0.25) is 0 Å². The first-order valence-corrected chi connectivity index (χ1v) is 7.42. The molecule has 22 heavy (non-hydrogen) atoms. The molecule has 1 saturated heterocycles. The lowest BCUT2D eigenvalue weighted by atomic mass is 10.1. The summed E-state index contributed by atoms with van der Waals surface area (Å²) in [6.07, 6.45) is 2.87. The highest BCUT2D eigenvalue weighted by Gasteiger charge is 2.15. The molecule has 2 rings (SSSR count). The van der Waals surface area contributed by atoms with Crippen molar-refractivity contribution in [3.8, 4) is 0 Å². The van der Waals surface area contributed by atoms with E-state index < -0.39 is 4.92 Å². The zero-order valence-electron chi connectivity index (χ0n) is 12.6. The summed E-state index contributed by atoms with van der Waals surface area (Å²) in [5, 5.41) is 14.7. The number of nitrogens with one attached hydrogen (secondary N) is 1. The molecule has 1 amide bonds. The first kappa shape index (κ1) is 16.1. The van der Waals surface area contributed by atoms with Gasteiger partial charge in [0.1, 0.15) is 0 Å². The van der Waals surface area contributed by atoms with Crippen molar-refractivity contribution in [1.29, 1.82) is 0 Å². The molecule has 1 N–H and O–H groups in total. The van der Waals surface area contributed by atoms with Gasteiger partial charge in [-0.1, -0.05) is 6.92 Å². The average Bonchev–Trinajstić information content (AvgIpc) is 2.54. The fourth-order valence-corrected chi connectivity index (χ4v) is 2.39. The van der Waals surface area contributed by atoms with Gasteiger partial charge in [-0.2, -0.15) is 5.10 Å². The lowest BCUT2D eigenvalue weighted by molar-refractivity contribution is -0.384. The normalized spacial score (nSPS) is 15.4. The molecule has 0 aromatic heterocycles. The smallest absolute Gasteiger partial charge is 0.271 e. The van der Waals surface area contributed by atoms with Crippen molar-refractivity contribution in [1.82, 2.24) is 10.3 Å². The maximum Gasteiger partial charge on any atom is 0.271 e. The Morgan fingerprint density at radius 2 is 1.95 bits per heavy atom. The molecule has 118 valence electrons. The zero-order chi connectivity index (χ0) is 15.9. The van der Waals surface area contributed by atoms with Gasteiger partial charge < -0.3 is 4.90 Å². The third-order valence-electron chi connectivity index (χ3n) is 3.63. The van der Waals surface area contributed by atoms with E-state index in [1.807, 2.05) is 0 Å². The van der Waals surface area contributed by atoms with Gasteiger partial charge in [-0.25, -0.2) is 5.43 Å². The summed E-state index contributed by atoms with van der Waals surface area (Å²) in [4.78, 5) is 24.4. The van der Waals surface area contributed by atoms with Crippen LogP contribution >= 0.6 is 0 Å². The van der Waals surface area contributed by atoms with Crippen molar-refractivity contribution in [2.75, 3.05) is 19.6 Å². The summed E-state index contributed by atoms with van der Waals surface area (Å²) in [5.41, 5.74) is 3.84. The highest BCUT2D eigenvalue weighted by Crippen LogP contribution is 2.12. The summed E-state index contributed by atoms with van der Waals surface area (Å²) in [6.45, 7) is 5.20. The van der Waals surface area contributed by atoms with Gasteiger partial charge in [0.15, 0.2) is 0 Å². The van der Waals surface area contributed by atoms with E-state index >= 15 is 0 Å². The van der Waals surface area contributed by atoms with Crippen LogP contribution in [0.5, 0.6) is 0 Å². The number of carbonyl (C=O) groups is 1. The molecule has 1 aliphatic heterocycles. The molecule has 0 aliphatic carbocycles. The molecule has 0 unspecified atom stereocenters. The van der Waals surface area contributed by atoms with Gasteiger partial charge in [-0.05, 0) is 25.1 Å². The van der Waals surface area contributed by atoms with Gasteiger partial charge in [-0.3, -0.25) is 14.9 Å². The number of hydrazone groups is 1. The second kappa shape index (κ2) is 7.65. The van der Waals surface area contributed by atoms with Gasteiger partial charge in [0.05, 0.1) is 4.92 Å². The fourth-order valence-electron chi connectivity index (χ4n) is 2.39. The van der Waals surface area contributed by atoms with Crippen LogP contribution in [0.4, 0.5) is 5.69 Å². The molecule has 1 aliphatic rings. The Bertz CT molecular complexity index is 559. The molecule has 1 fully saturated rings. The standard InChI is InChI=1S/C15H20N4O3/c1-2-9-18-10-7-13(8-11-18)16-17-15(20)12-3-5-14(6-4-12)19(21)22/h3-6H,2,7-11H2,1H3,(H,17,20). The number of nitro benzene ring substituents is 1. The maximum atomic E-state index is 11.9. The number of rotatable bonds is 5. The Balaban J connectivity index is 1.87. The van der Waals surface area contributed by atoms with Gasteiger partial charge >= 0.3 is 0 Å². The topological polar surface area (TPSA) is 87.8 Å². The third-order valence-corrected chi connectivity index (χ3v) is 3.63. The Morgan fingerprint density at radius 1 is 1.32 bits per heavy atom. The van der Waals surface area contributed by atoms with E-state index in [9.17, 15) is 14.9 Å². The van der Waals surface area contributed by atoms with E-state index in [-0.39, 0.29) is 11.6 Å². The number of piperidine rings is 1. The van der Waals surface area contributed by atoms with Gasteiger partial charge in [0, 0.05) is 49.3 Å². The zero-order valence-corrected chi connectivity index (χ0v) is 12.6. The third kappa shape index (κ3) is 4.36. The lowest BCUT2D eigenvalue weighted by Crippen LogP contribution is -2.35. The molecule has 7 nitrogen and oxygen atoms in total. The largest absolute Gasteiger partial charge is 0.303 e. The van der Waals surface area contributed by atoms with Crippen LogP contribution < -0.4 is 5.43 Å². The molecule has 0 saturated carbocycles. The second-order valence-electron chi connectivity index (χ2n) is 5.26. The summed E-state index contributed by atoms with van der Waals surface area (Å²) in [6, 6.07) is 5.48. The Hall–Kier alpha value is -2.28. The lowest BCUT2D eigenvalue weighted by Gasteiger charge is -2.26. The molecule has 1 aromatic rings. The van der Waals surface area contributed by atoms with Crippen molar-refractivity contribution in [2.24, 2.45) is 5.10 Å². The molecule has 7 heteroatoms. The van der Waals surface area contributed by atoms with Crippen LogP contribution in [-0.4, -0.2) is 41.1 Å². The van der Waals surface area contributed by atoms with Crippen LogP contribution in [-0.2, 0) is 0 Å². The number of nitro groups is 1. The number of benzene rings is 1. The van der Waals surface area contributed by atoms with Gasteiger partial charge in [0.25, 0.3) is 11.6 Å². The highest BCUT2D eigenvalue weighted by atomic mass is 16.6. The fraction of sp³-hybridized carbons (Fsp3) is 0.467. The molecule has 0 bridgehead atoms. The SMILES string of the molecule is CCCN1CCC(=NNC(=O)c2ccc([N+](=O)[O-])cc2)CC1. The Labute approximate surface area is 129 Å². The highest BCUT2D eigenvalue weighted by molar-refractivity contribution is 5.95. The number of likely N-dealkylation sites (tertiary alicyclic amines) is 1. The van der Waals surface area contributed by atoms with Crippen molar-refractivity contribution < 1.29 is 9.72 Å². The Morgan fingerprint density at radius 3 is 2.50 bits per heavy atom. The van der Waals surface area contributed by atoms with Gasteiger partial charge in [-0.15, -0.1) is 0 Å². The van der Waals surface area contributed by atoms with Crippen molar-refractivity contribution >= 4 is 17.3 Å². The van der Waals surface area contributed by atoms with Crippen molar-refractivity contribution in [2.45, 2.75) is 26.2 Å². The summed E-state index contributed by atoms with van der Waals surface area (Å²) in [5.74, 6) is -0.349. The minimum Gasteiger partial charge on any atom is -0.303 e. The van der Waals surface area contributed by atoms with E-state index in [0.717, 1.165) is 44.6 Å². The monoisotopic (exact) mass is 304 g/mol. The second-order valence-corrected chi connectivity index (χ2v) is 5.26. The quantitative estimate of drug-likeness (QED) is 0.667. The van der Waals surface area contributed by atoms with E-state index in [1.54, 1.807) is 0 Å². The Kier molecular flexibility index (Phi) is 5.60. The number of nitrogens with zero attached hydrogens (tertiary/aromatic N) is 3. The van der Waals surface area contributed by atoms with Crippen LogP contribution in [0.25, 0.3) is 0 Å². The van der Waals surface area contributed by atoms with Crippen LogP contribution in [0, 0.1) is 10.1 Å². The predicted octanol–water partition coefficient (Wildman–Crippen LogP) is 2.19. The molecule has 0 spiro atoms. The minimum absolute atomic E-state index is 0.0360. The number of amides is 1. The first-order chi connectivity index (χ1) is 10.6. The molecule has 1 heterocycles. The molecular weight excluding hydrogens is 284 g/mol. The number of carbonyl (C=O) groups excluding carboxylic acids is 1. The molecule has 0 atom stereocenters. The van der Waals surface area contributed by atoms with Crippen molar-refractivity contribution in [3.05, 3.63) is 39.9 Å². The number of non-ortho nitro benzene ring substituents is 1. The first-order valence-electron chi connectivity index (χ1n) is 7.42. The van der Waals surface area contributed by atoms with E-state index in [0.29, 0.717) is 5.56 Å². The minimum atomic E-state index is -0.494. The summed E-state index contributed by atoms with van der Waals surface area (Å²) < 4.78 is 0. The molecule has 0 radical (unpaired) electrons. The summed E-state index contributed by atoms with van der Waals surface area (Å²) in [7, 11) is 0. The van der Waals surface area contributed by atoms with E-state index in [2.05, 4.69) is 22.4 Å². The van der Waals surface area contributed by atoms with Crippen LogP contribution in [0.3, 0.4) is 0 Å². The maximum absolute atomic E-state index is 11.9. The molecular formula is C15H20N4O3. The van der Waals surface area contributed by atoms with Crippen molar-refractivity contribution in [3.63, 3.8) is 0 Å². The predicted molar refractivity (Wildman–Crippen MR) is 84.0 cm³/mol. The van der Waals surface area contributed by atoms with Crippen LogP contribution in [0.15, 0.2) is 29.4 Å². The number of hydrogen-bond acceptors (Lipinski definition) is 5. The van der Waals surface area contributed by atoms with E-state index in [1.165, 1.54) is 24.3 Å².